The molecule has 0 spiro atoms. The highest BCUT2D eigenvalue weighted by Crippen LogP contribution is 2.24. The van der Waals surface area contributed by atoms with Crippen LogP contribution in [0, 0.1) is 0 Å². The predicted molar refractivity (Wildman–Crippen MR) is 57.9 cm³/mol. The van der Waals surface area contributed by atoms with Crippen molar-refractivity contribution >= 4 is 5.97 Å². The number of carbonyl (C=O) groups is 1. The first-order valence-electron chi connectivity index (χ1n) is 5.61. The van der Waals surface area contributed by atoms with Crippen LogP contribution < -0.4 is 0 Å². The first-order chi connectivity index (χ1) is 7.15. The van der Waals surface area contributed by atoms with E-state index in [0.717, 1.165) is 12.8 Å². The Kier molecular flexibility index (Phi) is 5.05. The van der Waals surface area contributed by atoms with Gasteiger partial charge in [-0.25, -0.2) is 0 Å². The Hall–Kier alpha value is -0.610. The Bertz CT molecular complexity index is 202. The lowest BCUT2D eigenvalue weighted by atomic mass is 10.1. The van der Waals surface area contributed by atoms with E-state index >= 15 is 0 Å². The summed E-state index contributed by atoms with van der Waals surface area (Å²) in [4.78, 5) is 12.9. The van der Waals surface area contributed by atoms with E-state index in [1.807, 2.05) is 6.92 Å². The molecule has 0 aromatic heterocycles. The maximum absolute atomic E-state index is 10.8. The minimum atomic E-state index is -0.746. The second-order valence-electron chi connectivity index (χ2n) is 4.31. The quantitative estimate of drug-likeness (QED) is 0.726. The van der Waals surface area contributed by atoms with Gasteiger partial charge >= 0.3 is 5.97 Å². The fourth-order valence-corrected chi connectivity index (χ4v) is 2.37. The van der Waals surface area contributed by atoms with Gasteiger partial charge in [0.15, 0.2) is 0 Å². The molecule has 1 rings (SSSR count). The monoisotopic (exact) mass is 215 g/mol. The topological polar surface area (TPSA) is 49.8 Å². The second kappa shape index (κ2) is 6.08. The number of ether oxygens (including phenoxy) is 1. The van der Waals surface area contributed by atoms with E-state index < -0.39 is 5.97 Å². The summed E-state index contributed by atoms with van der Waals surface area (Å²) >= 11 is 0. The van der Waals surface area contributed by atoms with Gasteiger partial charge in [0.1, 0.15) is 0 Å². The van der Waals surface area contributed by atoms with Gasteiger partial charge in [0.25, 0.3) is 0 Å². The lowest BCUT2D eigenvalue weighted by molar-refractivity contribution is -0.140. The molecule has 0 radical (unpaired) electrons. The molecule has 1 saturated carbocycles. The van der Waals surface area contributed by atoms with Gasteiger partial charge in [-0.05, 0) is 19.8 Å². The molecule has 0 aliphatic heterocycles. The Morgan fingerprint density at radius 3 is 2.60 bits per heavy atom. The largest absolute Gasteiger partial charge is 0.480 e. The average Bonchev–Trinajstić information content (AvgIpc) is 2.66. The van der Waals surface area contributed by atoms with E-state index in [1.165, 1.54) is 12.8 Å². The van der Waals surface area contributed by atoms with Gasteiger partial charge in [-0.1, -0.05) is 12.8 Å². The van der Waals surface area contributed by atoms with Crippen molar-refractivity contribution in [1.82, 2.24) is 4.90 Å². The van der Waals surface area contributed by atoms with Crippen molar-refractivity contribution in [2.24, 2.45) is 0 Å². The zero-order valence-corrected chi connectivity index (χ0v) is 9.61. The number of aliphatic carboxylic acids is 1. The van der Waals surface area contributed by atoms with Gasteiger partial charge in [0.2, 0.25) is 0 Å². The molecular formula is C11H21NO3. The number of nitrogens with zero attached hydrogens (tertiary/aromatic N) is 1. The van der Waals surface area contributed by atoms with Crippen molar-refractivity contribution in [2.45, 2.75) is 44.7 Å². The zero-order valence-electron chi connectivity index (χ0n) is 9.61. The van der Waals surface area contributed by atoms with Crippen LogP contribution in [-0.2, 0) is 9.53 Å². The fraction of sp³-hybridized carbons (Fsp3) is 0.909. The summed E-state index contributed by atoms with van der Waals surface area (Å²) in [6.07, 6.45) is 4.70. The molecule has 0 amide bonds. The van der Waals surface area contributed by atoms with Crippen molar-refractivity contribution in [1.29, 1.82) is 0 Å². The number of hydrogen-bond acceptors (Lipinski definition) is 3. The third kappa shape index (κ3) is 3.80. The molecular weight excluding hydrogens is 194 g/mol. The number of carboxylic acids is 1. The SMILES string of the molecule is COCC(C)N(CC(=O)O)C1CCCC1. The lowest BCUT2D eigenvalue weighted by Crippen LogP contribution is -2.45. The van der Waals surface area contributed by atoms with E-state index in [2.05, 4.69) is 4.90 Å². The smallest absolute Gasteiger partial charge is 0.317 e. The van der Waals surface area contributed by atoms with E-state index in [0.29, 0.717) is 12.6 Å². The average molecular weight is 215 g/mol. The van der Waals surface area contributed by atoms with E-state index in [4.69, 9.17) is 9.84 Å². The molecule has 0 aromatic carbocycles. The molecule has 88 valence electrons. The van der Waals surface area contributed by atoms with E-state index in [1.54, 1.807) is 7.11 Å². The highest BCUT2D eigenvalue weighted by atomic mass is 16.5. The van der Waals surface area contributed by atoms with Gasteiger partial charge in [0.05, 0.1) is 13.2 Å². The van der Waals surface area contributed by atoms with Gasteiger partial charge in [-0.3, -0.25) is 9.69 Å². The molecule has 1 fully saturated rings. The molecule has 15 heavy (non-hydrogen) atoms. The van der Waals surface area contributed by atoms with Crippen LogP contribution in [-0.4, -0.2) is 48.3 Å². The van der Waals surface area contributed by atoms with Crippen molar-refractivity contribution in [3.63, 3.8) is 0 Å². The summed E-state index contributed by atoms with van der Waals surface area (Å²) in [6, 6.07) is 0.625. The number of carboxylic acid groups (broad SMARTS) is 1. The lowest BCUT2D eigenvalue weighted by Gasteiger charge is -2.32. The minimum absolute atomic E-state index is 0.134. The van der Waals surface area contributed by atoms with E-state index in [-0.39, 0.29) is 12.6 Å². The third-order valence-electron chi connectivity index (χ3n) is 3.09. The molecule has 1 atom stereocenters. The summed E-state index contributed by atoms with van der Waals surface area (Å²) in [5.41, 5.74) is 0. The summed E-state index contributed by atoms with van der Waals surface area (Å²) in [5, 5.41) is 8.88. The second-order valence-corrected chi connectivity index (χ2v) is 4.31. The first-order valence-corrected chi connectivity index (χ1v) is 5.61. The maximum Gasteiger partial charge on any atom is 0.317 e. The standard InChI is InChI=1S/C11H21NO3/c1-9(8-15-2)12(7-11(13)14)10-5-3-4-6-10/h9-10H,3-8H2,1-2H3,(H,13,14). The molecule has 4 nitrogen and oxygen atoms in total. The van der Waals surface area contributed by atoms with Crippen LogP contribution >= 0.6 is 0 Å². The molecule has 0 bridgehead atoms. The molecule has 1 N–H and O–H groups in total. The molecule has 1 unspecified atom stereocenters. The molecule has 1 aliphatic rings. The summed E-state index contributed by atoms with van der Waals surface area (Å²) in [5.74, 6) is -0.746. The van der Waals surface area contributed by atoms with Crippen LogP contribution in [0.25, 0.3) is 0 Å². The predicted octanol–water partition coefficient (Wildman–Crippen LogP) is 1.35. The zero-order chi connectivity index (χ0) is 11.3. The van der Waals surface area contributed by atoms with Gasteiger partial charge in [-0.15, -0.1) is 0 Å². The summed E-state index contributed by atoms with van der Waals surface area (Å²) in [6.45, 7) is 2.77. The first kappa shape index (κ1) is 12.5. The van der Waals surface area contributed by atoms with Crippen LogP contribution in [0.3, 0.4) is 0 Å². The molecule has 0 heterocycles. The number of hydrogen-bond donors (Lipinski definition) is 1. The van der Waals surface area contributed by atoms with Gasteiger partial charge in [-0.2, -0.15) is 0 Å². The highest BCUT2D eigenvalue weighted by Gasteiger charge is 2.27. The fourth-order valence-electron chi connectivity index (χ4n) is 2.37. The Morgan fingerprint density at radius 1 is 1.53 bits per heavy atom. The molecule has 0 aromatic rings. The maximum atomic E-state index is 10.8. The normalized spacial score (nSPS) is 19.7. The molecule has 4 heteroatoms. The summed E-state index contributed by atoms with van der Waals surface area (Å²) in [7, 11) is 1.66. The van der Waals surface area contributed by atoms with Crippen LogP contribution in [0.1, 0.15) is 32.6 Å². The number of rotatable bonds is 6. The Morgan fingerprint density at radius 2 is 2.13 bits per heavy atom. The van der Waals surface area contributed by atoms with E-state index in [9.17, 15) is 4.79 Å². The number of methoxy groups -OCH3 is 1. The third-order valence-corrected chi connectivity index (χ3v) is 3.09. The highest BCUT2D eigenvalue weighted by molar-refractivity contribution is 5.69. The van der Waals surface area contributed by atoms with Crippen molar-refractivity contribution in [3.05, 3.63) is 0 Å². The Labute approximate surface area is 91.2 Å². The van der Waals surface area contributed by atoms with Crippen LogP contribution in [0.5, 0.6) is 0 Å². The molecule has 0 saturated heterocycles. The summed E-state index contributed by atoms with van der Waals surface area (Å²) < 4.78 is 5.09. The van der Waals surface area contributed by atoms with Gasteiger partial charge in [0, 0.05) is 19.2 Å². The van der Waals surface area contributed by atoms with Crippen LogP contribution in [0.4, 0.5) is 0 Å². The van der Waals surface area contributed by atoms with Crippen molar-refractivity contribution < 1.29 is 14.6 Å². The molecule has 1 aliphatic carbocycles. The van der Waals surface area contributed by atoms with Crippen LogP contribution in [0.2, 0.25) is 0 Å². The van der Waals surface area contributed by atoms with Gasteiger partial charge < -0.3 is 9.84 Å². The van der Waals surface area contributed by atoms with Crippen molar-refractivity contribution in [2.75, 3.05) is 20.3 Å². The van der Waals surface area contributed by atoms with Crippen molar-refractivity contribution in [3.8, 4) is 0 Å². The van der Waals surface area contributed by atoms with Crippen LogP contribution in [0.15, 0.2) is 0 Å². The minimum Gasteiger partial charge on any atom is -0.480 e. The Balaban J connectivity index is 2.54.